The summed E-state index contributed by atoms with van der Waals surface area (Å²) in [5, 5.41) is 6.36. The molecule has 0 bridgehead atoms. The number of anilines is 2. The van der Waals surface area contributed by atoms with E-state index < -0.39 is 5.63 Å². The Morgan fingerprint density at radius 1 is 0.970 bits per heavy atom. The number of amides is 1. The Balaban J connectivity index is 0.00000259. The van der Waals surface area contributed by atoms with E-state index in [1.54, 1.807) is 6.07 Å². The summed E-state index contributed by atoms with van der Waals surface area (Å²) >= 11 is 0. The minimum Gasteiger partial charge on any atom is -0.423 e. The van der Waals surface area contributed by atoms with Crippen LogP contribution in [0.4, 0.5) is 11.5 Å². The number of nitrogens with one attached hydrogen (secondary N) is 1. The van der Waals surface area contributed by atoms with Crippen molar-refractivity contribution in [1.82, 2.24) is 9.88 Å². The first-order chi connectivity index (χ1) is 15.7. The van der Waals surface area contributed by atoms with Crippen LogP contribution in [0.5, 0.6) is 0 Å². The number of carbonyl (C=O) groups is 1. The first-order valence-electron chi connectivity index (χ1n) is 10.8. The molecule has 1 aliphatic rings. The van der Waals surface area contributed by atoms with Crippen molar-refractivity contribution in [3.8, 4) is 0 Å². The van der Waals surface area contributed by atoms with Gasteiger partial charge in [0.25, 0.3) is 0 Å². The molecule has 0 radical (unpaired) electrons. The van der Waals surface area contributed by atoms with Gasteiger partial charge in [-0.05, 0) is 23.6 Å². The van der Waals surface area contributed by atoms with Crippen LogP contribution in [0, 0.1) is 0 Å². The van der Waals surface area contributed by atoms with E-state index in [9.17, 15) is 9.59 Å². The van der Waals surface area contributed by atoms with E-state index in [0.717, 1.165) is 29.7 Å². The molecule has 7 nitrogen and oxygen atoms in total. The smallest absolute Gasteiger partial charge is 0.338 e. The summed E-state index contributed by atoms with van der Waals surface area (Å²) in [6.07, 6.45) is 2.20. The number of aromatic nitrogens is 1. The van der Waals surface area contributed by atoms with E-state index in [0.29, 0.717) is 37.3 Å². The Morgan fingerprint density at radius 3 is 2.52 bits per heavy atom. The molecule has 5 rings (SSSR count). The number of fused-ring (bicyclic) bond motifs is 2. The van der Waals surface area contributed by atoms with E-state index in [-0.39, 0.29) is 18.3 Å². The average molecular weight is 465 g/mol. The molecule has 2 aromatic carbocycles. The van der Waals surface area contributed by atoms with Crippen LogP contribution in [-0.4, -0.2) is 48.5 Å². The topological polar surface area (TPSA) is 78.7 Å². The Kier molecular flexibility index (Phi) is 6.79. The summed E-state index contributed by atoms with van der Waals surface area (Å²) in [7, 11) is 0. The molecule has 1 amide bonds. The maximum absolute atomic E-state index is 12.7. The summed E-state index contributed by atoms with van der Waals surface area (Å²) in [6.45, 7) is 3.30. The van der Waals surface area contributed by atoms with E-state index in [4.69, 9.17) is 4.42 Å². The highest BCUT2D eigenvalue weighted by molar-refractivity contribution is 5.92. The maximum Gasteiger partial charge on any atom is 0.338 e. The second-order valence-electron chi connectivity index (χ2n) is 7.88. The van der Waals surface area contributed by atoms with Crippen LogP contribution in [0.25, 0.3) is 21.7 Å². The number of rotatable bonds is 5. The molecular formula is C25H25ClN4O3. The second kappa shape index (κ2) is 9.92. The average Bonchev–Trinajstić information content (AvgIpc) is 2.83. The molecule has 2 aromatic heterocycles. The summed E-state index contributed by atoms with van der Waals surface area (Å²) in [5.41, 5.74) is 0.819. The monoisotopic (exact) mass is 464 g/mol. The number of hydrogen-bond donors (Lipinski definition) is 1. The number of carbonyl (C=O) groups excluding carboxylic acids is 1. The predicted octanol–water partition coefficient (Wildman–Crippen LogP) is 3.91. The van der Waals surface area contributed by atoms with Crippen LogP contribution in [0.3, 0.4) is 0 Å². The zero-order chi connectivity index (χ0) is 21.9. The van der Waals surface area contributed by atoms with Crippen molar-refractivity contribution < 1.29 is 9.21 Å². The van der Waals surface area contributed by atoms with Gasteiger partial charge in [0.2, 0.25) is 5.91 Å². The van der Waals surface area contributed by atoms with Crippen molar-refractivity contribution >= 4 is 51.6 Å². The lowest BCUT2D eigenvalue weighted by Gasteiger charge is -2.36. The van der Waals surface area contributed by atoms with E-state index in [1.807, 2.05) is 47.5 Å². The summed E-state index contributed by atoms with van der Waals surface area (Å²) in [6, 6.07) is 19.1. The predicted molar refractivity (Wildman–Crippen MR) is 133 cm³/mol. The van der Waals surface area contributed by atoms with Crippen molar-refractivity contribution in [2.75, 3.05) is 42.9 Å². The number of piperazine rings is 1. The SMILES string of the molecule is Cl.O=C(CCNc1cc(=O)oc2ccccc12)N1CCN(c2nccc3ccccc23)CC1. The van der Waals surface area contributed by atoms with Gasteiger partial charge < -0.3 is 19.5 Å². The van der Waals surface area contributed by atoms with Crippen LogP contribution in [0.15, 0.2) is 76.1 Å². The van der Waals surface area contributed by atoms with Gasteiger partial charge in [-0.25, -0.2) is 9.78 Å². The highest BCUT2D eigenvalue weighted by Gasteiger charge is 2.22. The van der Waals surface area contributed by atoms with Crippen molar-refractivity contribution in [2.24, 2.45) is 0 Å². The van der Waals surface area contributed by atoms with Crippen molar-refractivity contribution in [2.45, 2.75) is 6.42 Å². The molecule has 0 unspecified atom stereocenters. The maximum atomic E-state index is 12.7. The molecule has 4 aromatic rings. The lowest BCUT2D eigenvalue weighted by molar-refractivity contribution is -0.131. The van der Waals surface area contributed by atoms with Crippen molar-refractivity contribution in [3.63, 3.8) is 0 Å². The van der Waals surface area contributed by atoms with Gasteiger partial charge in [-0.2, -0.15) is 0 Å². The number of pyridine rings is 1. The lowest BCUT2D eigenvalue weighted by Crippen LogP contribution is -2.49. The van der Waals surface area contributed by atoms with Gasteiger partial charge in [-0.3, -0.25) is 4.79 Å². The third kappa shape index (κ3) is 4.78. The molecule has 1 saturated heterocycles. The number of nitrogens with zero attached hydrogens (tertiary/aromatic N) is 3. The van der Waals surface area contributed by atoms with Crippen LogP contribution in [0.1, 0.15) is 6.42 Å². The fourth-order valence-electron chi connectivity index (χ4n) is 4.24. The number of halogens is 1. The molecule has 3 heterocycles. The number of para-hydroxylation sites is 1. The van der Waals surface area contributed by atoms with Gasteiger partial charge in [0.05, 0.1) is 5.69 Å². The Hall–Kier alpha value is -3.58. The van der Waals surface area contributed by atoms with Gasteiger partial charge in [0.15, 0.2) is 0 Å². The fraction of sp³-hybridized carbons (Fsp3) is 0.240. The molecule has 0 saturated carbocycles. The molecule has 0 spiro atoms. The molecule has 8 heteroatoms. The molecule has 170 valence electrons. The summed E-state index contributed by atoms with van der Waals surface area (Å²) < 4.78 is 5.22. The van der Waals surface area contributed by atoms with Gasteiger partial charge in [0, 0.05) is 62.2 Å². The Morgan fingerprint density at radius 2 is 1.70 bits per heavy atom. The minimum atomic E-state index is -0.407. The first-order valence-corrected chi connectivity index (χ1v) is 10.8. The summed E-state index contributed by atoms with van der Waals surface area (Å²) in [4.78, 5) is 33.3. The zero-order valence-electron chi connectivity index (χ0n) is 18.1. The van der Waals surface area contributed by atoms with Crippen LogP contribution < -0.4 is 15.8 Å². The quantitative estimate of drug-likeness (QED) is 0.451. The normalized spacial score (nSPS) is 13.7. The Bertz CT molecular complexity index is 1330. The lowest BCUT2D eigenvalue weighted by atomic mass is 10.1. The van der Waals surface area contributed by atoms with E-state index in [2.05, 4.69) is 27.3 Å². The molecule has 1 fully saturated rings. The molecule has 0 atom stereocenters. The highest BCUT2D eigenvalue weighted by Crippen LogP contribution is 2.25. The van der Waals surface area contributed by atoms with Gasteiger partial charge in [-0.15, -0.1) is 12.4 Å². The highest BCUT2D eigenvalue weighted by atomic mass is 35.5. The number of benzene rings is 2. The number of hydrogen-bond acceptors (Lipinski definition) is 6. The second-order valence-corrected chi connectivity index (χ2v) is 7.88. The van der Waals surface area contributed by atoms with Gasteiger partial charge in [-0.1, -0.05) is 36.4 Å². The third-order valence-electron chi connectivity index (χ3n) is 5.89. The first kappa shape index (κ1) is 22.6. The van der Waals surface area contributed by atoms with Gasteiger partial charge in [0.1, 0.15) is 11.4 Å². The largest absolute Gasteiger partial charge is 0.423 e. The van der Waals surface area contributed by atoms with E-state index >= 15 is 0 Å². The minimum absolute atomic E-state index is 0. The van der Waals surface area contributed by atoms with Crippen molar-refractivity contribution in [3.05, 3.63) is 77.3 Å². The fourth-order valence-corrected chi connectivity index (χ4v) is 4.24. The molecule has 1 aliphatic heterocycles. The molecule has 33 heavy (non-hydrogen) atoms. The standard InChI is InChI=1S/C25H24N4O3.ClH/c30-23(10-12-26-21-17-24(31)32-22-8-4-3-7-20(21)22)28-13-15-29(16-14-28)25-19-6-2-1-5-18(19)9-11-27-25;/h1-9,11,17,26H,10,12-16H2;1H. The molecule has 0 aliphatic carbocycles. The third-order valence-corrected chi connectivity index (χ3v) is 5.89. The van der Waals surface area contributed by atoms with Crippen molar-refractivity contribution in [1.29, 1.82) is 0 Å². The van der Waals surface area contributed by atoms with Crippen LogP contribution in [0.2, 0.25) is 0 Å². The van der Waals surface area contributed by atoms with Crippen LogP contribution >= 0.6 is 12.4 Å². The molecule has 1 N–H and O–H groups in total. The van der Waals surface area contributed by atoms with E-state index in [1.165, 1.54) is 11.5 Å². The Labute approximate surface area is 197 Å². The van der Waals surface area contributed by atoms with Crippen LogP contribution in [-0.2, 0) is 4.79 Å². The van der Waals surface area contributed by atoms with Gasteiger partial charge >= 0.3 is 5.63 Å². The molecular weight excluding hydrogens is 440 g/mol. The summed E-state index contributed by atoms with van der Waals surface area (Å²) in [5.74, 6) is 1.09. The zero-order valence-corrected chi connectivity index (χ0v) is 18.9.